The maximum atomic E-state index is 13.8. The number of halogens is 4. The second kappa shape index (κ2) is 16.8. The smallest absolute Gasteiger partial charge is 0.413 e. The lowest BCUT2D eigenvalue weighted by Gasteiger charge is -2.48. The summed E-state index contributed by atoms with van der Waals surface area (Å²) in [4.78, 5) is 75.5. The van der Waals surface area contributed by atoms with Gasteiger partial charge in [0.15, 0.2) is 34.2 Å². The van der Waals surface area contributed by atoms with E-state index in [0.717, 1.165) is 17.0 Å². The molecule has 0 bridgehead atoms. The van der Waals surface area contributed by atoms with Crippen LogP contribution in [0.3, 0.4) is 0 Å². The molecular formula is C33H37BrClF2N11O6. The molecule has 4 heterocycles. The third-order valence-corrected chi connectivity index (χ3v) is 8.53. The number of nitrogens with two attached hydrogens (primary N) is 1. The van der Waals surface area contributed by atoms with Crippen molar-refractivity contribution in [2.24, 2.45) is 0 Å². The van der Waals surface area contributed by atoms with Gasteiger partial charge in [0.1, 0.15) is 16.1 Å². The van der Waals surface area contributed by atoms with Gasteiger partial charge >= 0.3 is 6.09 Å². The zero-order valence-corrected chi connectivity index (χ0v) is 32.2. The van der Waals surface area contributed by atoms with E-state index in [1.165, 1.54) is 24.8 Å². The van der Waals surface area contributed by atoms with Gasteiger partial charge in [-0.2, -0.15) is 0 Å². The molecule has 3 aromatic heterocycles. The molecule has 0 aliphatic carbocycles. The summed E-state index contributed by atoms with van der Waals surface area (Å²) in [6.45, 7) is 11.8. The molecule has 0 unspecified atom stereocenters. The molecule has 0 spiro atoms. The maximum absolute atomic E-state index is 13.8. The number of ether oxygens (including phenoxy) is 1. The average Bonchev–Trinajstić information content (AvgIpc) is 3.08. The Labute approximate surface area is 321 Å². The molecule has 1 aromatic carbocycles. The number of hydrogen-bond donors (Lipinski definition) is 4. The van der Waals surface area contributed by atoms with E-state index in [1.54, 1.807) is 32.6 Å². The maximum Gasteiger partial charge on any atom is 0.413 e. The van der Waals surface area contributed by atoms with Crippen LogP contribution in [-0.4, -0.2) is 99.5 Å². The minimum atomic E-state index is -1.12. The van der Waals surface area contributed by atoms with E-state index in [9.17, 15) is 28.0 Å². The molecule has 3 amide bonds. The van der Waals surface area contributed by atoms with Crippen LogP contribution in [0.25, 0.3) is 0 Å². The number of benzene rings is 1. The van der Waals surface area contributed by atoms with Crippen molar-refractivity contribution in [1.82, 2.24) is 39.7 Å². The Bertz CT molecular complexity index is 2090. The van der Waals surface area contributed by atoms with Gasteiger partial charge in [-0.1, -0.05) is 11.6 Å². The fourth-order valence-corrected chi connectivity index (χ4v) is 5.70. The number of nitrogens with zero attached hydrogens (tertiary/aromatic N) is 8. The molecule has 54 heavy (non-hydrogen) atoms. The number of carboxylic acid groups (broad SMARTS) is 1. The van der Waals surface area contributed by atoms with Crippen LogP contribution in [0.1, 0.15) is 52.0 Å². The number of aromatic nitrogens is 6. The van der Waals surface area contributed by atoms with Crippen LogP contribution in [0.2, 0.25) is 5.15 Å². The van der Waals surface area contributed by atoms with E-state index in [4.69, 9.17) is 27.2 Å². The molecule has 1 fully saturated rings. The molecule has 21 heteroatoms. The van der Waals surface area contributed by atoms with Gasteiger partial charge in [-0.05, 0) is 69.6 Å². The van der Waals surface area contributed by atoms with Crippen LogP contribution >= 0.6 is 27.5 Å². The first-order valence-electron chi connectivity index (χ1n) is 16.1. The van der Waals surface area contributed by atoms with E-state index < -0.39 is 40.4 Å². The SMILES string of the molecule is CC(C)(C)N(C(=O)O)c1nc(Br)cnc1Cl.C[C@@H](C(=O)Nc1cnc(Oc2ccc(F)cc2F)cn1)N1CCN(C(=O)c2c[nH]c(=O)c(N)n2)C(C)(C)C1. The third kappa shape index (κ3) is 10.2. The topological polar surface area (TPSA) is 226 Å². The van der Waals surface area contributed by atoms with E-state index in [1.807, 2.05) is 18.7 Å². The van der Waals surface area contributed by atoms with Gasteiger partial charge < -0.3 is 30.8 Å². The zero-order valence-electron chi connectivity index (χ0n) is 29.9. The molecule has 1 aliphatic heterocycles. The highest BCUT2D eigenvalue weighted by molar-refractivity contribution is 9.10. The molecule has 5 rings (SSSR count). The van der Waals surface area contributed by atoms with Gasteiger partial charge in [0.05, 0.1) is 30.2 Å². The quantitative estimate of drug-likeness (QED) is 0.194. The summed E-state index contributed by atoms with van der Waals surface area (Å²) >= 11 is 8.97. The highest BCUT2D eigenvalue weighted by Gasteiger charge is 2.40. The molecule has 1 atom stereocenters. The van der Waals surface area contributed by atoms with E-state index in [2.05, 4.69) is 51.2 Å². The fraction of sp³-hybridized carbons (Fsp3) is 0.364. The van der Waals surface area contributed by atoms with Gasteiger partial charge in [-0.25, -0.2) is 38.5 Å². The van der Waals surface area contributed by atoms with Crippen LogP contribution in [0.4, 0.5) is 31.0 Å². The summed E-state index contributed by atoms with van der Waals surface area (Å²) in [6, 6.07) is 2.30. The van der Waals surface area contributed by atoms with Crippen molar-refractivity contribution < 1.29 is 33.0 Å². The van der Waals surface area contributed by atoms with E-state index >= 15 is 0 Å². The van der Waals surface area contributed by atoms with Crippen molar-refractivity contribution in [2.75, 3.05) is 35.6 Å². The number of nitrogens with one attached hydrogen (secondary N) is 2. The van der Waals surface area contributed by atoms with Crippen molar-refractivity contribution in [3.05, 3.63) is 80.4 Å². The molecule has 5 N–H and O–H groups in total. The van der Waals surface area contributed by atoms with E-state index in [-0.39, 0.29) is 51.7 Å². The van der Waals surface area contributed by atoms with Crippen LogP contribution in [-0.2, 0) is 4.79 Å². The van der Waals surface area contributed by atoms with Crippen molar-refractivity contribution in [2.45, 2.75) is 58.7 Å². The average molecular weight is 837 g/mol. The molecule has 0 saturated carbocycles. The number of aromatic amines is 1. The predicted octanol–water partition coefficient (Wildman–Crippen LogP) is 4.95. The summed E-state index contributed by atoms with van der Waals surface area (Å²) in [5.74, 6) is -2.62. The Balaban J connectivity index is 0.000000340. The molecule has 4 aromatic rings. The molecule has 1 saturated heterocycles. The number of hydrogen-bond acceptors (Lipinski definition) is 12. The minimum absolute atomic E-state index is 0.0302. The van der Waals surface area contributed by atoms with Crippen molar-refractivity contribution in [1.29, 1.82) is 0 Å². The fourth-order valence-electron chi connectivity index (χ4n) is 5.25. The summed E-state index contributed by atoms with van der Waals surface area (Å²) in [6.07, 6.45) is 3.97. The normalized spacial score (nSPS) is 14.7. The van der Waals surface area contributed by atoms with Crippen molar-refractivity contribution in [3.63, 3.8) is 0 Å². The summed E-state index contributed by atoms with van der Waals surface area (Å²) in [5.41, 5.74) is 3.70. The van der Waals surface area contributed by atoms with Crippen molar-refractivity contribution >= 4 is 62.9 Å². The first-order chi connectivity index (χ1) is 25.2. The largest absolute Gasteiger partial charge is 0.465 e. The number of anilines is 3. The number of piperazine rings is 1. The standard InChI is InChI=1S/C24H26F2N8O4.C9H11BrClN3O2/c1-13(21(35)32-18-10-29-19(11-28-18)38-17-5-4-14(25)8-15(17)26)33-6-7-34(24(2,3)12-33)23(37)16-9-30-22(36)20(27)31-16;1-9(2,3)14(8(15)16)7-6(11)12-4-5(10)13-7/h4-5,8-11,13H,6-7,12H2,1-3H3,(H2,27,31)(H,30,36)(H,28,32,35);4H,1-3H3,(H,15,16)/t13-;/m0./s1. The lowest BCUT2D eigenvalue weighted by atomic mass is 9.97. The Kier molecular flexibility index (Phi) is 12.9. The molecule has 17 nitrogen and oxygen atoms in total. The van der Waals surface area contributed by atoms with Gasteiger partial charge in [0.25, 0.3) is 11.5 Å². The third-order valence-electron chi connectivity index (χ3n) is 7.88. The number of rotatable bonds is 7. The van der Waals surface area contributed by atoms with Crippen LogP contribution in [0.5, 0.6) is 11.6 Å². The molecule has 0 radical (unpaired) electrons. The highest BCUT2D eigenvalue weighted by Crippen LogP contribution is 2.29. The highest BCUT2D eigenvalue weighted by atomic mass is 79.9. The monoisotopic (exact) mass is 835 g/mol. The molecular weight excluding hydrogens is 800 g/mol. The Hall–Kier alpha value is -5.34. The number of carbonyl (C=O) groups is 3. The van der Waals surface area contributed by atoms with E-state index in [0.29, 0.717) is 30.3 Å². The summed E-state index contributed by atoms with van der Waals surface area (Å²) < 4.78 is 32.5. The van der Waals surface area contributed by atoms with Crippen LogP contribution < -0.4 is 26.2 Å². The first kappa shape index (κ1) is 41.4. The van der Waals surface area contributed by atoms with Gasteiger partial charge in [0.2, 0.25) is 11.8 Å². The number of amides is 3. The zero-order chi connectivity index (χ0) is 40.1. The van der Waals surface area contributed by atoms with Crippen LogP contribution in [0, 0.1) is 11.6 Å². The molecule has 1 aliphatic rings. The minimum Gasteiger partial charge on any atom is -0.465 e. The van der Waals surface area contributed by atoms with Crippen molar-refractivity contribution in [3.8, 4) is 11.6 Å². The Morgan fingerprint density at radius 3 is 2.41 bits per heavy atom. The predicted molar refractivity (Wildman–Crippen MR) is 198 cm³/mol. The summed E-state index contributed by atoms with van der Waals surface area (Å²) in [7, 11) is 0. The van der Waals surface area contributed by atoms with Gasteiger partial charge in [-0.3, -0.25) is 24.2 Å². The van der Waals surface area contributed by atoms with Gasteiger partial charge in [-0.15, -0.1) is 0 Å². The van der Waals surface area contributed by atoms with Gasteiger partial charge in [0, 0.05) is 37.4 Å². The second-order valence-corrected chi connectivity index (χ2v) is 14.6. The Morgan fingerprint density at radius 2 is 1.83 bits per heavy atom. The van der Waals surface area contributed by atoms with Crippen LogP contribution in [0.15, 0.2) is 52.4 Å². The number of H-pyrrole nitrogens is 1. The first-order valence-corrected chi connectivity index (χ1v) is 17.2. The summed E-state index contributed by atoms with van der Waals surface area (Å²) in [5, 5.41) is 11.9. The lowest BCUT2D eigenvalue weighted by molar-refractivity contribution is -0.122. The number of nitrogen functional groups attached to an aromatic ring is 1. The second-order valence-electron chi connectivity index (χ2n) is 13.4. The Morgan fingerprint density at radius 1 is 1.13 bits per heavy atom. The number of carbonyl (C=O) groups excluding carboxylic acids is 2. The molecule has 288 valence electrons. The lowest BCUT2D eigenvalue weighted by Crippen LogP contribution is -2.63.